The molecule has 0 radical (unpaired) electrons. The van der Waals surface area contributed by atoms with E-state index in [1.165, 1.54) is 55.2 Å². The zero-order valence-corrected chi connectivity index (χ0v) is 12.6. The van der Waals surface area contributed by atoms with Crippen LogP contribution < -0.4 is 5.32 Å². The van der Waals surface area contributed by atoms with Crippen molar-refractivity contribution in [3.63, 3.8) is 0 Å². The van der Waals surface area contributed by atoms with E-state index < -0.39 is 0 Å². The molecule has 0 spiro atoms. The van der Waals surface area contributed by atoms with Crippen LogP contribution in [0.2, 0.25) is 0 Å². The summed E-state index contributed by atoms with van der Waals surface area (Å²) in [5, 5.41) is 3.48. The third kappa shape index (κ3) is 4.08. The average Bonchev–Trinajstić information content (AvgIpc) is 2.86. The van der Waals surface area contributed by atoms with Crippen molar-refractivity contribution in [2.75, 3.05) is 26.2 Å². The van der Waals surface area contributed by atoms with Crippen molar-refractivity contribution in [3.8, 4) is 0 Å². The molecule has 1 fully saturated rings. The average molecular weight is 266 g/mol. The molecule has 3 heteroatoms. The van der Waals surface area contributed by atoms with Crippen molar-refractivity contribution in [3.05, 3.63) is 21.9 Å². The summed E-state index contributed by atoms with van der Waals surface area (Å²) in [6, 6.07) is 4.60. The van der Waals surface area contributed by atoms with Crippen molar-refractivity contribution in [1.29, 1.82) is 0 Å². The lowest BCUT2D eigenvalue weighted by molar-refractivity contribution is 0.177. The number of aryl methyl sites for hydroxylation is 1. The second kappa shape index (κ2) is 7.27. The molecule has 0 saturated carbocycles. The number of likely N-dealkylation sites (tertiary alicyclic amines) is 1. The van der Waals surface area contributed by atoms with Crippen LogP contribution in [0, 0.1) is 5.92 Å². The monoisotopic (exact) mass is 266 g/mol. The van der Waals surface area contributed by atoms with Crippen LogP contribution in [0.4, 0.5) is 0 Å². The van der Waals surface area contributed by atoms with E-state index in [-0.39, 0.29) is 0 Å². The SMILES string of the molecule is CCNCC1CCN(Cc2ccc(CC)s2)CC1. The molecule has 18 heavy (non-hydrogen) atoms. The Hall–Kier alpha value is -0.380. The molecule has 0 bridgehead atoms. The van der Waals surface area contributed by atoms with Gasteiger partial charge in [-0.2, -0.15) is 0 Å². The van der Waals surface area contributed by atoms with Crippen LogP contribution >= 0.6 is 11.3 Å². The summed E-state index contributed by atoms with van der Waals surface area (Å²) in [5.74, 6) is 0.899. The number of thiophene rings is 1. The number of hydrogen-bond acceptors (Lipinski definition) is 3. The summed E-state index contributed by atoms with van der Waals surface area (Å²) in [6.45, 7) is 10.5. The summed E-state index contributed by atoms with van der Waals surface area (Å²) in [7, 11) is 0. The van der Waals surface area contributed by atoms with Gasteiger partial charge in [0.1, 0.15) is 0 Å². The van der Waals surface area contributed by atoms with Crippen LogP contribution in [-0.2, 0) is 13.0 Å². The van der Waals surface area contributed by atoms with Gasteiger partial charge in [-0.05, 0) is 63.5 Å². The Morgan fingerprint density at radius 1 is 1.22 bits per heavy atom. The largest absolute Gasteiger partial charge is 0.317 e. The molecule has 2 rings (SSSR count). The second-order valence-electron chi connectivity index (χ2n) is 5.25. The van der Waals surface area contributed by atoms with Gasteiger partial charge in [-0.15, -0.1) is 11.3 Å². The molecule has 1 aliphatic rings. The lowest BCUT2D eigenvalue weighted by Crippen LogP contribution is -2.36. The molecule has 0 amide bonds. The number of rotatable bonds is 6. The third-order valence-electron chi connectivity index (χ3n) is 3.84. The fraction of sp³-hybridized carbons (Fsp3) is 0.733. The van der Waals surface area contributed by atoms with E-state index in [4.69, 9.17) is 0 Å². The number of nitrogens with one attached hydrogen (secondary N) is 1. The number of nitrogens with zero attached hydrogens (tertiary/aromatic N) is 1. The molecule has 2 nitrogen and oxygen atoms in total. The molecule has 1 aliphatic heterocycles. The van der Waals surface area contributed by atoms with E-state index in [0.717, 1.165) is 12.5 Å². The first-order valence-corrected chi connectivity index (χ1v) is 8.14. The molecule has 1 aromatic heterocycles. The van der Waals surface area contributed by atoms with Gasteiger partial charge in [-0.3, -0.25) is 4.90 Å². The minimum absolute atomic E-state index is 0.899. The van der Waals surface area contributed by atoms with Crippen LogP contribution in [-0.4, -0.2) is 31.1 Å². The summed E-state index contributed by atoms with van der Waals surface area (Å²) in [6.07, 6.45) is 3.90. The number of piperidine rings is 1. The van der Waals surface area contributed by atoms with Gasteiger partial charge in [0.25, 0.3) is 0 Å². The molecule has 102 valence electrons. The maximum Gasteiger partial charge on any atom is 0.0328 e. The van der Waals surface area contributed by atoms with Gasteiger partial charge >= 0.3 is 0 Å². The first kappa shape index (κ1) is 14.0. The molecule has 0 aliphatic carbocycles. The Morgan fingerprint density at radius 3 is 2.56 bits per heavy atom. The van der Waals surface area contributed by atoms with E-state index in [1.54, 1.807) is 0 Å². The van der Waals surface area contributed by atoms with Gasteiger partial charge in [0.2, 0.25) is 0 Å². The van der Waals surface area contributed by atoms with Crippen molar-refractivity contribution in [2.24, 2.45) is 5.92 Å². The van der Waals surface area contributed by atoms with Gasteiger partial charge in [0.05, 0.1) is 0 Å². The summed E-state index contributed by atoms with van der Waals surface area (Å²) < 4.78 is 0. The highest BCUT2D eigenvalue weighted by Gasteiger charge is 2.19. The lowest BCUT2D eigenvalue weighted by atomic mass is 9.97. The Bertz CT molecular complexity index is 340. The van der Waals surface area contributed by atoms with Gasteiger partial charge in [0, 0.05) is 16.3 Å². The van der Waals surface area contributed by atoms with Crippen LogP contribution in [0.25, 0.3) is 0 Å². The van der Waals surface area contributed by atoms with Crippen LogP contribution in [0.15, 0.2) is 12.1 Å². The van der Waals surface area contributed by atoms with Crippen LogP contribution in [0.1, 0.15) is 36.4 Å². The van der Waals surface area contributed by atoms with Gasteiger partial charge < -0.3 is 5.32 Å². The standard InChI is InChI=1S/C15H26N2S/c1-3-14-5-6-15(18-14)12-17-9-7-13(8-10-17)11-16-4-2/h5-6,13,16H,3-4,7-12H2,1-2H3. The highest BCUT2D eigenvalue weighted by Crippen LogP contribution is 2.22. The van der Waals surface area contributed by atoms with Gasteiger partial charge in [0.15, 0.2) is 0 Å². The number of hydrogen-bond donors (Lipinski definition) is 1. The highest BCUT2D eigenvalue weighted by molar-refractivity contribution is 7.11. The summed E-state index contributed by atoms with van der Waals surface area (Å²) >= 11 is 1.99. The molecular weight excluding hydrogens is 240 g/mol. The predicted molar refractivity (Wildman–Crippen MR) is 80.2 cm³/mol. The first-order chi connectivity index (χ1) is 8.81. The van der Waals surface area contributed by atoms with E-state index in [9.17, 15) is 0 Å². The van der Waals surface area contributed by atoms with Crippen molar-refractivity contribution in [2.45, 2.75) is 39.7 Å². The highest BCUT2D eigenvalue weighted by atomic mass is 32.1. The topological polar surface area (TPSA) is 15.3 Å². The Kier molecular flexibility index (Phi) is 5.67. The minimum Gasteiger partial charge on any atom is -0.317 e. The van der Waals surface area contributed by atoms with Crippen molar-refractivity contribution in [1.82, 2.24) is 10.2 Å². The quantitative estimate of drug-likeness (QED) is 0.851. The smallest absolute Gasteiger partial charge is 0.0328 e. The van der Waals surface area contributed by atoms with E-state index in [0.29, 0.717) is 0 Å². The van der Waals surface area contributed by atoms with Crippen LogP contribution in [0.3, 0.4) is 0 Å². The molecular formula is C15H26N2S. The molecule has 0 unspecified atom stereocenters. The Balaban J connectivity index is 1.73. The molecule has 0 aromatic carbocycles. The van der Waals surface area contributed by atoms with E-state index in [1.807, 2.05) is 11.3 Å². The molecule has 1 N–H and O–H groups in total. The molecule has 1 saturated heterocycles. The fourth-order valence-electron chi connectivity index (χ4n) is 2.61. The molecule has 0 atom stereocenters. The molecule has 2 heterocycles. The van der Waals surface area contributed by atoms with Crippen molar-refractivity contribution < 1.29 is 0 Å². The van der Waals surface area contributed by atoms with Crippen molar-refractivity contribution >= 4 is 11.3 Å². The first-order valence-electron chi connectivity index (χ1n) is 7.32. The zero-order valence-electron chi connectivity index (χ0n) is 11.7. The molecule has 1 aromatic rings. The fourth-order valence-corrected chi connectivity index (χ4v) is 3.62. The predicted octanol–water partition coefficient (Wildman–Crippen LogP) is 3.13. The lowest BCUT2D eigenvalue weighted by Gasteiger charge is -2.31. The maximum atomic E-state index is 3.48. The van der Waals surface area contributed by atoms with Crippen LogP contribution in [0.5, 0.6) is 0 Å². The normalized spacial score (nSPS) is 18.3. The second-order valence-corrected chi connectivity index (χ2v) is 6.50. The summed E-state index contributed by atoms with van der Waals surface area (Å²) in [4.78, 5) is 5.68. The maximum absolute atomic E-state index is 3.48. The Morgan fingerprint density at radius 2 is 1.94 bits per heavy atom. The van der Waals surface area contributed by atoms with E-state index in [2.05, 4.69) is 36.2 Å². The van der Waals surface area contributed by atoms with E-state index >= 15 is 0 Å². The zero-order chi connectivity index (χ0) is 12.8. The minimum atomic E-state index is 0.899. The van der Waals surface area contributed by atoms with Gasteiger partial charge in [-0.25, -0.2) is 0 Å². The van der Waals surface area contributed by atoms with Gasteiger partial charge in [-0.1, -0.05) is 13.8 Å². The third-order valence-corrected chi connectivity index (χ3v) is 5.05. The summed E-state index contributed by atoms with van der Waals surface area (Å²) in [5.41, 5.74) is 0. The Labute approximate surface area is 115 Å².